The highest BCUT2D eigenvalue weighted by Gasteiger charge is 2.13. The van der Waals surface area contributed by atoms with Crippen LogP contribution in [0.1, 0.15) is 12.2 Å². The van der Waals surface area contributed by atoms with E-state index in [0.717, 1.165) is 5.82 Å². The second kappa shape index (κ2) is 6.09. The summed E-state index contributed by atoms with van der Waals surface area (Å²) in [6, 6.07) is 2.85. The van der Waals surface area contributed by atoms with Crippen molar-refractivity contribution in [2.45, 2.75) is 17.7 Å². The van der Waals surface area contributed by atoms with E-state index in [0.29, 0.717) is 19.4 Å². The molecule has 19 heavy (non-hydrogen) atoms. The Labute approximate surface area is 115 Å². The van der Waals surface area contributed by atoms with Crippen molar-refractivity contribution in [3.8, 4) is 0 Å². The summed E-state index contributed by atoms with van der Waals surface area (Å²) < 4.78 is 26.2. The van der Waals surface area contributed by atoms with Gasteiger partial charge in [-0.2, -0.15) is 5.10 Å². The first-order chi connectivity index (χ1) is 9.08. The lowest BCUT2D eigenvalue weighted by Crippen LogP contribution is -2.25. The molecule has 0 spiro atoms. The van der Waals surface area contributed by atoms with Gasteiger partial charge in [0.1, 0.15) is 22.2 Å². The number of hydrogen-bond acceptors (Lipinski definition) is 5. The van der Waals surface area contributed by atoms with Gasteiger partial charge in [-0.3, -0.25) is 5.10 Å². The zero-order valence-electron chi connectivity index (χ0n) is 9.88. The van der Waals surface area contributed by atoms with Crippen molar-refractivity contribution in [2.24, 2.45) is 0 Å². The molecule has 2 rings (SSSR count). The van der Waals surface area contributed by atoms with Crippen molar-refractivity contribution in [3.05, 3.63) is 35.6 Å². The van der Waals surface area contributed by atoms with Crippen LogP contribution >= 0.6 is 11.6 Å². The number of pyridine rings is 1. The number of halogens is 1. The Morgan fingerprint density at radius 2 is 2.16 bits per heavy atom. The Bertz CT molecular complexity index is 612. The molecule has 7 nitrogen and oxygen atoms in total. The fourth-order valence-electron chi connectivity index (χ4n) is 1.42. The number of rotatable bonds is 6. The summed E-state index contributed by atoms with van der Waals surface area (Å²) in [5.74, 6) is 0.729. The molecule has 0 amide bonds. The van der Waals surface area contributed by atoms with E-state index in [9.17, 15) is 8.42 Å². The predicted molar refractivity (Wildman–Crippen MR) is 69.1 cm³/mol. The molecule has 102 valence electrons. The highest BCUT2D eigenvalue weighted by Crippen LogP contribution is 2.10. The lowest BCUT2D eigenvalue weighted by molar-refractivity contribution is 0.578. The summed E-state index contributed by atoms with van der Waals surface area (Å²) in [5.41, 5.74) is 0. The quantitative estimate of drug-likeness (QED) is 0.606. The fourth-order valence-corrected chi connectivity index (χ4v) is 2.55. The minimum atomic E-state index is -3.54. The molecule has 0 aliphatic rings. The van der Waals surface area contributed by atoms with Crippen molar-refractivity contribution in [2.75, 3.05) is 6.54 Å². The number of aryl methyl sites for hydroxylation is 1. The lowest BCUT2D eigenvalue weighted by atomic mass is 10.3. The van der Waals surface area contributed by atoms with Crippen LogP contribution in [0.2, 0.25) is 5.15 Å². The molecular formula is C10H12ClN5O2S. The van der Waals surface area contributed by atoms with Crippen LogP contribution in [0.5, 0.6) is 0 Å². The number of aromatic nitrogens is 4. The number of hydrogen-bond donors (Lipinski definition) is 2. The van der Waals surface area contributed by atoms with Gasteiger partial charge in [0.15, 0.2) is 0 Å². The van der Waals surface area contributed by atoms with Crippen LogP contribution < -0.4 is 4.72 Å². The average molecular weight is 302 g/mol. The molecule has 0 saturated carbocycles. The van der Waals surface area contributed by atoms with E-state index in [1.807, 2.05) is 0 Å². The van der Waals surface area contributed by atoms with Crippen molar-refractivity contribution >= 4 is 21.6 Å². The number of aromatic amines is 1. The van der Waals surface area contributed by atoms with Gasteiger partial charge in [-0.15, -0.1) is 0 Å². The molecule has 0 aromatic carbocycles. The van der Waals surface area contributed by atoms with Crippen LogP contribution in [-0.2, 0) is 16.4 Å². The lowest BCUT2D eigenvalue weighted by Gasteiger charge is -2.05. The molecule has 0 unspecified atom stereocenters. The van der Waals surface area contributed by atoms with Gasteiger partial charge in [0.2, 0.25) is 10.0 Å². The topological polar surface area (TPSA) is 101 Å². The summed E-state index contributed by atoms with van der Waals surface area (Å²) in [4.78, 5) is 7.78. The molecule has 0 saturated heterocycles. The Kier molecular flexibility index (Phi) is 4.46. The number of nitrogens with one attached hydrogen (secondary N) is 2. The van der Waals surface area contributed by atoms with Gasteiger partial charge in [0.05, 0.1) is 0 Å². The third-order valence-corrected chi connectivity index (χ3v) is 4.03. The first kappa shape index (κ1) is 13.9. The largest absolute Gasteiger partial charge is 0.263 e. The predicted octanol–water partition coefficient (Wildman–Crippen LogP) is 0.764. The third kappa shape index (κ3) is 3.98. The van der Waals surface area contributed by atoms with Crippen molar-refractivity contribution < 1.29 is 8.42 Å². The minimum absolute atomic E-state index is 0.0940. The van der Waals surface area contributed by atoms with Crippen molar-refractivity contribution in [1.29, 1.82) is 0 Å². The van der Waals surface area contributed by atoms with Gasteiger partial charge in [0, 0.05) is 19.2 Å². The SMILES string of the molecule is O=S(=O)(NCCCc1ncn[nH]1)c1ccc(Cl)nc1. The second-order valence-electron chi connectivity index (χ2n) is 3.75. The second-order valence-corrected chi connectivity index (χ2v) is 5.90. The Hall–Kier alpha value is -1.51. The highest BCUT2D eigenvalue weighted by molar-refractivity contribution is 7.89. The molecule has 2 N–H and O–H groups in total. The maximum absolute atomic E-state index is 11.9. The van der Waals surface area contributed by atoms with Crippen molar-refractivity contribution in [3.63, 3.8) is 0 Å². The van der Waals surface area contributed by atoms with E-state index in [1.165, 1.54) is 24.7 Å². The molecule has 0 aliphatic heterocycles. The van der Waals surface area contributed by atoms with Crippen LogP contribution in [0.3, 0.4) is 0 Å². The van der Waals surface area contributed by atoms with E-state index < -0.39 is 10.0 Å². The first-order valence-corrected chi connectivity index (χ1v) is 7.39. The Balaban J connectivity index is 1.86. The smallest absolute Gasteiger partial charge is 0.242 e. The zero-order valence-corrected chi connectivity index (χ0v) is 11.4. The summed E-state index contributed by atoms with van der Waals surface area (Å²) in [6.45, 7) is 0.311. The molecule has 0 aliphatic carbocycles. The Morgan fingerprint density at radius 3 is 2.79 bits per heavy atom. The van der Waals surface area contributed by atoms with Gasteiger partial charge in [-0.05, 0) is 18.6 Å². The fraction of sp³-hybridized carbons (Fsp3) is 0.300. The summed E-state index contributed by atoms with van der Waals surface area (Å²) in [7, 11) is -3.54. The molecule has 2 heterocycles. The average Bonchev–Trinajstić information content (AvgIpc) is 2.88. The Morgan fingerprint density at radius 1 is 1.32 bits per heavy atom. The summed E-state index contributed by atoms with van der Waals surface area (Å²) in [6.07, 6.45) is 3.89. The van der Waals surface area contributed by atoms with E-state index in [4.69, 9.17) is 11.6 Å². The van der Waals surface area contributed by atoms with E-state index in [-0.39, 0.29) is 10.0 Å². The van der Waals surface area contributed by atoms with E-state index in [2.05, 4.69) is 24.9 Å². The number of H-pyrrole nitrogens is 1. The molecule has 0 fully saturated rings. The normalized spacial score (nSPS) is 11.6. The number of sulfonamides is 1. The van der Waals surface area contributed by atoms with E-state index >= 15 is 0 Å². The van der Waals surface area contributed by atoms with Gasteiger partial charge in [0.25, 0.3) is 0 Å². The van der Waals surface area contributed by atoms with Crippen LogP contribution in [-0.4, -0.2) is 35.1 Å². The van der Waals surface area contributed by atoms with Gasteiger partial charge >= 0.3 is 0 Å². The standard InChI is InChI=1S/C10H12ClN5O2S/c11-9-4-3-8(6-12-9)19(17,18)15-5-1-2-10-13-7-14-16-10/h3-4,6-7,15H,1-2,5H2,(H,13,14,16). The number of nitrogens with zero attached hydrogens (tertiary/aromatic N) is 3. The van der Waals surface area contributed by atoms with Crippen LogP contribution in [0.15, 0.2) is 29.6 Å². The first-order valence-electron chi connectivity index (χ1n) is 5.53. The molecule has 2 aromatic rings. The monoisotopic (exact) mass is 301 g/mol. The summed E-state index contributed by atoms with van der Waals surface area (Å²) >= 11 is 5.60. The van der Waals surface area contributed by atoms with Gasteiger partial charge in [-0.25, -0.2) is 23.1 Å². The highest BCUT2D eigenvalue weighted by atomic mass is 35.5. The zero-order chi connectivity index (χ0) is 13.7. The maximum Gasteiger partial charge on any atom is 0.242 e. The molecular weight excluding hydrogens is 290 g/mol. The van der Waals surface area contributed by atoms with Crippen LogP contribution in [0.4, 0.5) is 0 Å². The van der Waals surface area contributed by atoms with Crippen LogP contribution in [0.25, 0.3) is 0 Å². The molecule has 2 aromatic heterocycles. The van der Waals surface area contributed by atoms with Crippen molar-refractivity contribution in [1.82, 2.24) is 24.9 Å². The summed E-state index contributed by atoms with van der Waals surface area (Å²) in [5, 5.41) is 6.67. The van der Waals surface area contributed by atoms with Gasteiger partial charge in [-0.1, -0.05) is 11.6 Å². The molecule has 0 bridgehead atoms. The minimum Gasteiger partial charge on any atom is -0.263 e. The third-order valence-electron chi connectivity index (χ3n) is 2.36. The van der Waals surface area contributed by atoms with Crippen LogP contribution in [0, 0.1) is 0 Å². The molecule has 0 atom stereocenters. The molecule has 9 heteroatoms. The molecule has 0 radical (unpaired) electrons. The van der Waals surface area contributed by atoms with Gasteiger partial charge < -0.3 is 0 Å². The maximum atomic E-state index is 11.9. The van der Waals surface area contributed by atoms with E-state index in [1.54, 1.807) is 0 Å².